The molecule has 1 aromatic carbocycles. The summed E-state index contributed by atoms with van der Waals surface area (Å²) in [5, 5.41) is 5.07. The number of thioether (sulfide) groups is 1. The molecule has 0 aliphatic heterocycles. The number of amides is 2. The minimum Gasteiger partial charge on any atom is -0.481 e. The first-order chi connectivity index (χ1) is 11.0. The van der Waals surface area contributed by atoms with Gasteiger partial charge in [-0.25, -0.2) is 4.98 Å². The SMILES string of the molecule is CC(Oc1ccccc1)C(=O)Nc1nc(CSCC(N)=O)cs1. The van der Waals surface area contributed by atoms with Gasteiger partial charge in [0.25, 0.3) is 5.91 Å². The molecule has 0 aliphatic carbocycles. The molecule has 0 saturated carbocycles. The lowest BCUT2D eigenvalue weighted by Crippen LogP contribution is -2.30. The number of rotatable bonds is 8. The van der Waals surface area contributed by atoms with Crippen LogP contribution in [0.1, 0.15) is 12.6 Å². The fraction of sp³-hybridized carbons (Fsp3) is 0.267. The van der Waals surface area contributed by atoms with Crippen LogP contribution in [0.5, 0.6) is 5.75 Å². The van der Waals surface area contributed by atoms with Crippen molar-refractivity contribution in [2.75, 3.05) is 11.1 Å². The van der Waals surface area contributed by atoms with E-state index in [-0.39, 0.29) is 17.6 Å². The highest BCUT2D eigenvalue weighted by Crippen LogP contribution is 2.20. The fourth-order valence-electron chi connectivity index (χ4n) is 1.65. The third-order valence-electron chi connectivity index (χ3n) is 2.70. The second-order valence-electron chi connectivity index (χ2n) is 4.67. The van der Waals surface area contributed by atoms with E-state index in [4.69, 9.17) is 10.5 Å². The van der Waals surface area contributed by atoms with Crippen LogP contribution in [-0.4, -0.2) is 28.7 Å². The van der Waals surface area contributed by atoms with Crippen molar-refractivity contribution in [3.05, 3.63) is 41.4 Å². The minimum atomic E-state index is -0.631. The lowest BCUT2D eigenvalue weighted by atomic mass is 10.3. The average molecular weight is 351 g/mol. The van der Waals surface area contributed by atoms with Crippen LogP contribution in [0, 0.1) is 0 Å². The molecule has 0 bridgehead atoms. The van der Waals surface area contributed by atoms with Gasteiger partial charge in [0.05, 0.1) is 11.4 Å². The number of carbonyl (C=O) groups excluding carboxylic acids is 2. The Morgan fingerprint density at radius 3 is 2.83 bits per heavy atom. The molecule has 1 heterocycles. The number of benzene rings is 1. The summed E-state index contributed by atoms with van der Waals surface area (Å²) in [7, 11) is 0. The van der Waals surface area contributed by atoms with Crippen LogP contribution in [0.2, 0.25) is 0 Å². The Morgan fingerprint density at radius 2 is 2.13 bits per heavy atom. The van der Waals surface area contributed by atoms with Gasteiger partial charge < -0.3 is 10.5 Å². The summed E-state index contributed by atoms with van der Waals surface area (Å²) in [6, 6.07) is 9.15. The van der Waals surface area contributed by atoms with Crippen molar-refractivity contribution in [1.29, 1.82) is 0 Å². The van der Waals surface area contributed by atoms with E-state index in [1.165, 1.54) is 23.1 Å². The Hall–Kier alpha value is -2.06. The standard InChI is InChI=1S/C15H17N3O3S2/c1-10(21-12-5-3-2-4-6-12)14(20)18-15-17-11(8-23-15)7-22-9-13(16)19/h2-6,8,10H,7,9H2,1H3,(H2,16,19)(H,17,18,20). The fourth-order valence-corrected chi connectivity index (χ4v) is 3.13. The second kappa shape index (κ2) is 8.54. The van der Waals surface area contributed by atoms with Gasteiger partial charge in [-0.3, -0.25) is 14.9 Å². The normalized spacial score (nSPS) is 11.7. The molecule has 2 amide bonds. The highest BCUT2D eigenvalue weighted by Gasteiger charge is 2.16. The number of primary amides is 1. The Labute approximate surface area is 142 Å². The molecule has 0 aliphatic rings. The van der Waals surface area contributed by atoms with E-state index in [2.05, 4.69) is 10.3 Å². The smallest absolute Gasteiger partial charge is 0.266 e. The van der Waals surface area contributed by atoms with Crippen molar-refractivity contribution in [2.24, 2.45) is 5.73 Å². The predicted molar refractivity (Wildman–Crippen MR) is 92.6 cm³/mol. The van der Waals surface area contributed by atoms with Crippen molar-refractivity contribution in [3.63, 3.8) is 0 Å². The molecular weight excluding hydrogens is 334 g/mol. The average Bonchev–Trinajstić information content (AvgIpc) is 2.95. The maximum absolute atomic E-state index is 12.1. The molecule has 2 aromatic rings. The Kier molecular flexibility index (Phi) is 6.42. The van der Waals surface area contributed by atoms with E-state index in [0.717, 1.165) is 5.69 Å². The van der Waals surface area contributed by atoms with E-state index in [9.17, 15) is 9.59 Å². The monoisotopic (exact) mass is 351 g/mol. The number of hydrogen-bond donors (Lipinski definition) is 2. The maximum atomic E-state index is 12.1. The van der Waals surface area contributed by atoms with E-state index in [1.54, 1.807) is 19.1 Å². The molecule has 3 N–H and O–H groups in total. The number of ether oxygens (including phenoxy) is 1. The number of nitrogens with zero attached hydrogens (tertiary/aromatic N) is 1. The third kappa shape index (κ3) is 5.91. The van der Waals surface area contributed by atoms with Crippen molar-refractivity contribution in [2.45, 2.75) is 18.8 Å². The molecule has 122 valence electrons. The molecule has 1 atom stereocenters. The molecule has 0 saturated heterocycles. The zero-order valence-electron chi connectivity index (χ0n) is 12.5. The summed E-state index contributed by atoms with van der Waals surface area (Å²) in [6.45, 7) is 1.68. The second-order valence-corrected chi connectivity index (χ2v) is 6.51. The molecule has 23 heavy (non-hydrogen) atoms. The van der Waals surface area contributed by atoms with Gasteiger partial charge in [0, 0.05) is 11.1 Å². The van der Waals surface area contributed by atoms with Crippen LogP contribution in [-0.2, 0) is 15.3 Å². The minimum absolute atomic E-state index is 0.251. The van der Waals surface area contributed by atoms with Crippen LogP contribution in [0.4, 0.5) is 5.13 Å². The highest BCUT2D eigenvalue weighted by molar-refractivity contribution is 7.99. The van der Waals surface area contributed by atoms with E-state index in [0.29, 0.717) is 16.6 Å². The van der Waals surface area contributed by atoms with Gasteiger partial charge >= 0.3 is 0 Å². The van der Waals surface area contributed by atoms with Crippen LogP contribution in [0.15, 0.2) is 35.7 Å². The third-order valence-corrected chi connectivity index (χ3v) is 4.50. The largest absolute Gasteiger partial charge is 0.481 e. The predicted octanol–water partition coefficient (Wildman–Crippen LogP) is 2.27. The summed E-state index contributed by atoms with van der Waals surface area (Å²) in [6.07, 6.45) is -0.631. The number of aromatic nitrogens is 1. The molecule has 8 heteroatoms. The molecule has 0 fully saturated rings. The Morgan fingerprint density at radius 1 is 1.39 bits per heavy atom. The number of anilines is 1. The zero-order valence-corrected chi connectivity index (χ0v) is 14.2. The van der Waals surface area contributed by atoms with Crippen LogP contribution in [0.3, 0.4) is 0 Å². The Bertz CT molecular complexity index is 661. The first kappa shape index (κ1) is 17.3. The lowest BCUT2D eigenvalue weighted by molar-refractivity contribution is -0.122. The van der Waals surface area contributed by atoms with Gasteiger partial charge in [-0.05, 0) is 19.1 Å². The molecule has 6 nitrogen and oxygen atoms in total. The first-order valence-electron chi connectivity index (χ1n) is 6.87. The quantitative estimate of drug-likeness (QED) is 0.761. The van der Waals surface area contributed by atoms with Gasteiger partial charge in [-0.1, -0.05) is 18.2 Å². The number of carbonyl (C=O) groups is 2. The van der Waals surface area contributed by atoms with Crippen molar-refractivity contribution in [3.8, 4) is 5.75 Å². The van der Waals surface area contributed by atoms with E-state index < -0.39 is 6.10 Å². The summed E-state index contributed by atoms with van der Waals surface area (Å²) in [4.78, 5) is 27.1. The molecule has 1 unspecified atom stereocenters. The maximum Gasteiger partial charge on any atom is 0.266 e. The molecular formula is C15H17N3O3S2. The summed E-state index contributed by atoms with van der Waals surface area (Å²) < 4.78 is 5.56. The van der Waals surface area contributed by atoms with E-state index in [1.807, 2.05) is 23.6 Å². The topological polar surface area (TPSA) is 94.3 Å². The molecule has 1 aromatic heterocycles. The number of para-hydroxylation sites is 1. The van der Waals surface area contributed by atoms with Gasteiger partial charge in [0.1, 0.15) is 5.75 Å². The molecule has 0 spiro atoms. The van der Waals surface area contributed by atoms with Gasteiger partial charge in [0.15, 0.2) is 11.2 Å². The summed E-state index contributed by atoms with van der Waals surface area (Å²) >= 11 is 2.72. The number of hydrogen-bond acceptors (Lipinski definition) is 6. The summed E-state index contributed by atoms with van der Waals surface area (Å²) in [5.41, 5.74) is 5.88. The van der Waals surface area contributed by atoms with Gasteiger partial charge in [0.2, 0.25) is 5.91 Å². The molecule has 2 rings (SSSR count). The lowest BCUT2D eigenvalue weighted by Gasteiger charge is -2.13. The van der Waals surface area contributed by atoms with Crippen LogP contribution in [0.25, 0.3) is 0 Å². The Balaban J connectivity index is 1.83. The zero-order chi connectivity index (χ0) is 16.7. The summed E-state index contributed by atoms with van der Waals surface area (Å²) in [5.74, 6) is 0.843. The van der Waals surface area contributed by atoms with Gasteiger partial charge in [-0.2, -0.15) is 0 Å². The molecule has 0 radical (unpaired) electrons. The van der Waals surface area contributed by atoms with Crippen molar-refractivity contribution in [1.82, 2.24) is 4.98 Å². The van der Waals surface area contributed by atoms with Gasteiger partial charge in [-0.15, -0.1) is 23.1 Å². The number of nitrogens with two attached hydrogens (primary N) is 1. The van der Waals surface area contributed by atoms with Crippen molar-refractivity contribution < 1.29 is 14.3 Å². The number of nitrogens with one attached hydrogen (secondary N) is 1. The highest BCUT2D eigenvalue weighted by atomic mass is 32.2. The van der Waals surface area contributed by atoms with E-state index >= 15 is 0 Å². The first-order valence-corrected chi connectivity index (χ1v) is 8.91. The van der Waals surface area contributed by atoms with Crippen LogP contribution >= 0.6 is 23.1 Å². The van der Waals surface area contributed by atoms with Crippen LogP contribution < -0.4 is 15.8 Å². The van der Waals surface area contributed by atoms with Crippen molar-refractivity contribution >= 4 is 40.0 Å². The number of thiazole rings is 1.